The van der Waals surface area contributed by atoms with Crippen LogP contribution in [0.2, 0.25) is 5.02 Å². The third-order valence-corrected chi connectivity index (χ3v) is 3.96. The van der Waals surface area contributed by atoms with Gasteiger partial charge >= 0.3 is 0 Å². The van der Waals surface area contributed by atoms with Crippen LogP contribution in [0.4, 0.5) is 0 Å². The van der Waals surface area contributed by atoms with Gasteiger partial charge in [-0.3, -0.25) is 14.8 Å². The van der Waals surface area contributed by atoms with Gasteiger partial charge in [0.15, 0.2) is 5.43 Å². The fourth-order valence-electron chi connectivity index (χ4n) is 2.49. The summed E-state index contributed by atoms with van der Waals surface area (Å²) in [6.45, 7) is 2.62. The summed E-state index contributed by atoms with van der Waals surface area (Å²) in [5.41, 5.74) is 2.39. The summed E-state index contributed by atoms with van der Waals surface area (Å²) in [6.07, 6.45) is 5.87. The van der Waals surface area contributed by atoms with Crippen LogP contribution in [-0.4, -0.2) is 21.0 Å². The lowest BCUT2D eigenvalue weighted by molar-refractivity contribution is 0.535. The van der Waals surface area contributed by atoms with Crippen LogP contribution in [0.5, 0.6) is 0 Å². The number of fused-ring (bicyclic) bond motifs is 1. The van der Waals surface area contributed by atoms with Crippen molar-refractivity contribution in [2.75, 3.05) is 0 Å². The Morgan fingerprint density at radius 3 is 3.00 bits per heavy atom. The molecular formula is C17H17ClN4O. The van der Waals surface area contributed by atoms with Gasteiger partial charge in [-0.25, -0.2) is 0 Å². The van der Waals surface area contributed by atoms with Crippen molar-refractivity contribution < 1.29 is 0 Å². The molecule has 0 amide bonds. The predicted octanol–water partition coefficient (Wildman–Crippen LogP) is 2.69. The average molecular weight is 329 g/mol. The molecule has 2 aromatic heterocycles. The minimum atomic E-state index is -0.0281. The smallest absolute Gasteiger partial charge is 0.189 e. The average Bonchev–Trinajstić information content (AvgIpc) is 2.55. The summed E-state index contributed by atoms with van der Waals surface area (Å²) in [6, 6.07) is 7.14. The second kappa shape index (κ2) is 6.89. The molecule has 5 nitrogen and oxygen atoms in total. The molecule has 0 saturated heterocycles. The van der Waals surface area contributed by atoms with Crippen LogP contribution in [0.3, 0.4) is 0 Å². The third kappa shape index (κ3) is 3.75. The maximum Gasteiger partial charge on any atom is 0.189 e. The Hall–Kier alpha value is -2.24. The lowest BCUT2D eigenvalue weighted by atomic mass is 10.1. The van der Waals surface area contributed by atoms with Gasteiger partial charge in [0.2, 0.25) is 0 Å². The van der Waals surface area contributed by atoms with E-state index in [9.17, 15) is 4.79 Å². The van der Waals surface area contributed by atoms with E-state index in [4.69, 9.17) is 11.6 Å². The van der Waals surface area contributed by atoms with E-state index in [1.807, 2.05) is 0 Å². The number of hydrogen-bond donors (Lipinski definition) is 2. The van der Waals surface area contributed by atoms with Crippen molar-refractivity contribution in [2.24, 2.45) is 0 Å². The van der Waals surface area contributed by atoms with Crippen molar-refractivity contribution >= 4 is 22.5 Å². The molecule has 3 aromatic rings. The van der Waals surface area contributed by atoms with E-state index in [1.165, 1.54) is 0 Å². The van der Waals surface area contributed by atoms with Crippen molar-refractivity contribution in [3.63, 3.8) is 0 Å². The topological polar surface area (TPSA) is 70.7 Å². The summed E-state index contributed by atoms with van der Waals surface area (Å²) in [4.78, 5) is 23.7. The van der Waals surface area contributed by atoms with Crippen LogP contribution in [0.15, 0.2) is 47.7 Å². The van der Waals surface area contributed by atoms with Gasteiger partial charge in [0, 0.05) is 54.7 Å². The lowest BCUT2D eigenvalue weighted by Crippen LogP contribution is -2.28. The van der Waals surface area contributed by atoms with Crippen molar-refractivity contribution in [1.29, 1.82) is 0 Å². The summed E-state index contributed by atoms with van der Waals surface area (Å²) >= 11 is 6.17. The number of halogens is 1. The number of H-pyrrole nitrogens is 1. The fraction of sp³-hybridized carbons (Fsp3) is 0.235. The van der Waals surface area contributed by atoms with E-state index in [1.54, 1.807) is 42.9 Å². The van der Waals surface area contributed by atoms with Crippen molar-refractivity contribution in [2.45, 2.75) is 25.9 Å². The molecule has 0 fully saturated rings. The molecule has 118 valence electrons. The highest BCUT2D eigenvalue weighted by molar-refractivity contribution is 6.35. The number of nitrogens with one attached hydrogen (secondary N) is 2. The Bertz CT molecular complexity index is 863. The van der Waals surface area contributed by atoms with Crippen LogP contribution in [0, 0.1) is 0 Å². The van der Waals surface area contributed by atoms with E-state index >= 15 is 0 Å². The molecule has 0 aliphatic rings. The van der Waals surface area contributed by atoms with E-state index < -0.39 is 0 Å². The predicted molar refractivity (Wildman–Crippen MR) is 91.6 cm³/mol. The van der Waals surface area contributed by atoms with Crippen molar-refractivity contribution in [1.82, 2.24) is 20.3 Å². The van der Waals surface area contributed by atoms with Crippen LogP contribution < -0.4 is 10.7 Å². The van der Waals surface area contributed by atoms with Gasteiger partial charge in [0.25, 0.3) is 0 Å². The Morgan fingerprint density at radius 1 is 1.35 bits per heavy atom. The van der Waals surface area contributed by atoms with Crippen LogP contribution in [-0.2, 0) is 13.0 Å². The van der Waals surface area contributed by atoms with Gasteiger partial charge in [-0.2, -0.15) is 0 Å². The van der Waals surface area contributed by atoms with E-state index in [0.29, 0.717) is 22.5 Å². The second-order valence-electron chi connectivity index (χ2n) is 5.50. The summed E-state index contributed by atoms with van der Waals surface area (Å²) in [5.74, 6) is 0. The molecule has 1 aromatic carbocycles. The Balaban J connectivity index is 1.72. The van der Waals surface area contributed by atoms with Crippen molar-refractivity contribution in [3.8, 4) is 0 Å². The lowest BCUT2D eigenvalue weighted by Gasteiger charge is -2.13. The maximum absolute atomic E-state index is 12.2. The summed E-state index contributed by atoms with van der Waals surface area (Å²) in [5, 5.41) is 4.53. The molecule has 6 heteroatoms. The SMILES string of the molecule is C[C@@H](Cc1cnccn1)NCc1cc(=O)c2cccc(Cl)c2[nH]1. The molecule has 0 bridgehead atoms. The maximum atomic E-state index is 12.2. The monoisotopic (exact) mass is 328 g/mol. The van der Waals surface area contributed by atoms with Gasteiger partial charge in [-0.15, -0.1) is 0 Å². The molecule has 0 unspecified atom stereocenters. The third-order valence-electron chi connectivity index (χ3n) is 3.64. The van der Waals surface area contributed by atoms with Gasteiger partial charge in [0.05, 0.1) is 16.2 Å². The summed E-state index contributed by atoms with van der Waals surface area (Å²) < 4.78 is 0. The zero-order chi connectivity index (χ0) is 16.2. The van der Waals surface area contributed by atoms with E-state index in [2.05, 4.69) is 27.2 Å². The number of para-hydroxylation sites is 1. The van der Waals surface area contributed by atoms with Gasteiger partial charge in [-0.05, 0) is 19.1 Å². The van der Waals surface area contributed by atoms with E-state index in [-0.39, 0.29) is 11.5 Å². The van der Waals surface area contributed by atoms with Gasteiger partial charge in [0.1, 0.15) is 0 Å². The first-order valence-electron chi connectivity index (χ1n) is 7.42. The fourth-order valence-corrected chi connectivity index (χ4v) is 2.71. The number of rotatable bonds is 5. The Labute approximate surface area is 138 Å². The highest BCUT2D eigenvalue weighted by Crippen LogP contribution is 2.18. The molecule has 0 radical (unpaired) electrons. The number of hydrogen-bond acceptors (Lipinski definition) is 4. The molecule has 0 aliphatic heterocycles. The highest BCUT2D eigenvalue weighted by Gasteiger charge is 2.08. The molecular weight excluding hydrogens is 312 g/mol. The molecule has 3 rings (SSSR count). The molecule has 23 heavy (non-hydrogen) atoms. The molecule has 2 heterocycles. The Morgan fingerprint density at radius 2 is 2.22 bits per heavy atom. The largest absolute Gasteiger partial charge is 0.356 e. The first kappa shape index (κ1) is 15.6. The number of aromatic nitrogens is 3. The zero-order valence-corrected chi connectivity index (χ0v) is 13.5. The quantitative estimate of drug-likeness (QED) is 0.755. The number of aromatic amines is 1. The van der Waals surface area contributed by atoms with Crippen molar-refractivity contribution in [3.05, 3.63) is 69.5 Å². The second-order valence-corrected chi connectivity index (χ2v) is 5.91. The first-order chi connectivity index (χ1) is 11.1. The van der Waals surface area contributed by atoms with Gasteiger partial charge in [-0.1, -0.05) is 17.7 Å². The van der Waals surface area contributed by atoms with E-state index in [0.717, 1.165) is 17.8 Å². The Kier molecular flexibility index (Phi) is 4.69. The summed E-state index contributed by atoms with van der Waals surface area (Å²) in [7, 11) is 0. The molecule has 2 N–H and O–H groups in total. The molecule has 0 aliphatic carbocycles. The van der Waals surface area contributed by atoms with Crippen LogP contribution >= 0.6 is 11.6 Å². The normalized spacial score (nSPS) is 12.4. The highest BCUT2D eigenvalue weighted by atomic mass is 35.5. The minimum absolute atomic E-state index is 0.0281. The number of nitrogens with zero attached hydrogens (tertiary/aromatic N) is 2. The molecule has 0 saturated carbocycles. The van der Waals surface area contributed by atoms with Crippen LogP contribution in [0.1, 0.15) is 18.3 Å². The standard InChI is InChI=1S/C17H17ClN4O/c1-11(7-12-9-19-5-6-20-12)21-10-13-8-16(23)14-3-2-4-15(18)17(14)22-13/h2-6,8-9,11,21H,7,10H2,1H3,(H,22,23)/t11-/m0/s1. The number of benzene rings is 1. The van der Waals surface area contributed by atoms with Gasteiger partial charge < -0.3 is 10.3 Å². The molecule has 1 atom stereocenters. The zero-order valence-electron chi connectivity index (χ0n) is 12.7. The first-order valence-corrected chi connectivity index (χ1v) is 7.80. The van der Waals surface area contributed by atoms with Crippen LogP contribution in [0.25, 0.3) is 10.9 Å². The molecule has 0 spiro atoms. The minimum Gasteiger partial charge on any atom is -0.356 e. The number of pyridine rings is 1.